The highest BCUT2D eigenvalue weighted by atomic mass is 16.5. The molecule has 3 aliphatic rings. The van der Waals surface area contributed by atoms with Crippen molar-refractivity contribution in [2.75, 3.05) is 26.3 Å². The fourth-order valence-electron chi connectivity index (χ4n) is 4.78. The Bertz CT molecular complexity index is 559. The number of amides is 1. The molecule has 0 bridgehead atoms. The van der Waals surface area contributed by atoms with Crippen LogP contribution >= 0.6 is 0 Å². The van der Waals surface area contributed by atoms with Gasteiger partial charge in [0.05, 0.1) is 19.5 Å². The van der Waals surface area contributed by atoms with Crippen molar-refractivity contribution in [1.82, 2.24) is 10.2 Å². The highest BCUT2D eigenvalue weighted by molar-refractivity contribution is 5.83. The van der Waals surface area contributed by atoms with Crippen LogP contribution in [-0.2, 0) is 9.53 Å². The van der Waals surface area contributed by atoms with Gasteiger partial charge >= 0.3 is 0 Å². The van der Waals surface area contributed by atoms with E-state index in [0.29, 0.717) is 0 Å². The quantitative estimate of drug-likeness (QED) is 0.900. The molecule has 3 atom stereocenters. The predicted octanol–water partition coefficient (Wildman–Crippen LogP) is 2.53. The molecule has 1 aromatic rings. The molecule has 1 amide bonds. The van der Waals surface area contributed by atoms with Crippen molar-refractivity contribution in [2.45, 2.75) is 56.5 Å². The normalized spacial score (nSPS) is 30.9. The largest absolute Gasteiger partial charge is 0.469 e. The topological polar surface area (TPSA) is 54.7 Å². The molecule has 1 N–H and O–H groups in total. The molecule has 0 spiro atoms. The molecule has 1 aliphatic heterocycles. The number of carbonyl (C=O) groups excluding carboxylic acids is 1. The SMILES string of the molecule is C[C@H](NC(=O)[C@H]1C[C@@H]1c1ccco1)C1(N2CCOCC2)CCCC1. The van der Waals surface area contributed by atoms with E-state index in [1.54, 1.807) is 6.26 Å². The lowest BCUT2D eigenvalue weighted by molar-refractivity contribution is -0.124. The van der Waals surface area contributed by atoms with Crippen molar-refractivity contribution in [3.63, 3.8) is 0 Å². The van der Waals surface area contributed by atoms with Gasteiger partial charge in [-0.15, -0.1) is 0 Å². The van der Waals surface area contributed by atoms with Crippen LogP contribution in [0.3, 0.4) is 0 Å². The summed E-state index contributed by atoms with van der Waals surface area (Å²) in [5.74, 6) is 1.51. The fraction of sp³-hybridized carbons (Fsp3) is 0.737. The lowest BCUT2D eigenvalue weighted by atomic mass is 9.86. The van der Waals surface area contributed by atoms with Crippen molar-refractivity contribution in [2.24, 2.45) is 5.92 Å². The van der Waals surface area contributed by atoms with Crippen molar-refractivity contribution >= 4 is 5.91 Å². The summed E-state index contributed by atoms with van der Waals surface area (Å²) in [6.45, 7) is 5.79. The van der Waals surface area contributed by atoms with Gasteiger partial charge in [0.1, 0.15) is 5.76 Å². The van der Waals surface area contributed by atoms with Crippen LogP contribution in [0.25, 0.3) is 0 Å². The minimum atomic E-state index is 0.0849. The number of nitrogens with zero attached hydrogens (tertiary/aromatic N) is 1. The highest BCUT2D eigenvalue weighted by Gasteiger charge is 2.49. The average molecular weight is 332 g/mol. The van der Waals surface area contributed by atoms with Gasteiger partial charge < -0.3 is 14.5 Å². The van der Waals surface area contributed by atoms with Gasteiger partial charge in [0.15, 0.2) is 0 Å². The minimum absolute atomic E-state index is 0.0849. The zero-order chi connectivity index (χ0) is 16.6. The summed E-state index contributed by atoms with van der Waals surface area (Å²) >= 11 is 0. The number of rotatable bonds is 5. The Labute approximate surface area is 143 Å². The van der Waals surface area contributed by atoms with E-state index in [-0.39, 0.29) is 29.3 Å². The van der Waals surface area contributed by atoms with Gasteiger partial charge in [-0.2, -0.15) is 0 Å². The first-order chi connectivity index (χ1) is 11.7. The molecule has 5 nitrogen and oxygen atoms in total. The Morgan fingerprint density at radius 1 is 1.33 bits per heavy atom. The Morgan fingerprint density at radius 3 is 2.75 bits per heavy atom. The summed E-state index contributed by atoms with van der Waals surface area (Å²) in [5, 5.41) is 3.35. The Hall–Kier alpha value is -1.33. The van der Waals surface area contributed by atoms with Crippen molar-refractivity contribution in [1.29, 1.82) is 0 Å². The van der Waals surface area contributed by atoms with E-state index in [4.69, 9.17) is 9.15 Å². The number of nitrogens with one attached hydrogen (secondary N) is 1. The molecule has 5 heteroatoms. The maximum Gasteiger partial charge on any atom is 0.224 e. The first kappa shape index (κ1) is 16.2. The average Bonchev–Trinajstić information content (AvgIpc) is 3.04. The number of ether oxygens (including phenoxy) is 1. The van der Waals surface area contributed by atoms with E-state index >= 15 is 0 Å². The van der Waals surface area contributed by atoms with E-state index in [0.717, 1.165) is 38.5 Å². The molecule has 1 aromatic heterocycles. The summed E-state index contributed by atoms with van der Waals surface area (Å²) < 4.78 is 11.0. The van der Waals surface area contributed by atoms with E-state index in [9.17, 15) is 4.79 Å². The van der Waals surface area contributed by atoms with Crippen LogP contribution < -0.4 is 5.32 Å². The van der Waals surface area contributed by atoms with Crippen molar-refractivity contribution in [3.8, 4) is 0 Å². The van der Waals surface area contributed by atoms with Crippen LogP contribution in [0.1, 0.15) is 50.7 Å². The van der Waals surface area contributed by atoms with Gasteiger partial charge in [0, 0.05) is 36.5 Å². The van der Waals surface area contributed by atoms with Gasteiger partial charge in [-0.1, -0.05) is 12.8 Å². The summed E-state index contributed by atoms with van der Waals surface area (Å²) in [6.07, 6.45) is 7.49. The summed E-state index contributed by atoms with van der Waals surface area (Å²) in [4.78, 5) is 15.3. The lowest BCUT2D eigenvalue weighted by Gasteiger charge is -2.47. The lowest BCUT2D eigenvalue weighted by Crippen LogP contribution is -2.62. The van der Waals surface area contributed by atoms with Crippen molar-refractivity contribution in [3.05, 3.63) is 24.2 Å². The summed E-state index contributed by atoms with van der Waals surface area (Å²) in [6, 6.07) is 4.06. The third-order valence-corrected chi connectivity index (χ3v) is 6.31. The zero-order valence-corrected chi connectivity index (χ0v) is 14.5. The third-order valence-electron chi connectivity index (χ3n) is 6.31. The van der Waals surface area contributed by atoms with Crippen LogP contribution in [0, 0.1) is 5.92 Å². The molecule has 2 saturated carbocycles. The molecule has 0 unspecified atom stereocenters. The Balaban J connectivity index is 1.40. The fourth-order valence-corrected chi connectivity index (χ4v) is 4.78. The van der Waals surface area contributed by atoms with Gasteiger partial charge in [-0.25, -0.2) is 0 Å². The molecule has 3 fully saturated rings. The molecule has 0 radical (unpaired) electrons. The smallest absolute Gasteiger partial charge is 0.224 e. The van der Waals surface area contributed by atoms with Crippen LogP contribution in [0.15, 0.2) is 22.8 Å². The summed E-state index contributed by atoms with van der Waals surface area (Å²) in [7, 11) is 0. The minimum Gasteiger partial charge on any atom is -0.469 e. The van der Waals surface area contributed by atoms with Gasteiger partial charge in [-0.05, 0) is 38.3 Å². The van der Waals surface area contributed by atoms with Crippen LogP contribution in [-0.4, -0.2) is 48.7 Å². The maximum atomic E-state index is 12.7. The molecular formula is C19H28N2O3. The second kappa shape index (κ2) is 6.52. The van der Waals surface area contributed by atoms with E-state index in [2.05, 4.69) is 17.1 Å². The van der Waals surface area contributed by atoms with Gasteiger partial charge in [0.25, 0.3) is 0 Å². The Morgan fingerprint density at radius 2 is 2.08 bits per heavy atom. The second-order valence-electron chi connectivity index (χ2n) is 7.60. The molecule has 2 aliphatic carbocycles. The van der Waals surface area contributed by atoms with E-state index in [1.807, 2.05) is 12.1 Å². The zero-order valence-electron chi connectivity index (χ0n) is 14.5. The van der Waals surface area contributed by atoms with Gasteiger partial charge in [0.2, 0.25) is 5.91 Å². The predicted molar refractivity (Wildman–Crippen MR) is 90.8 cm³/mol. The van der Waals surface area contributed by atoms with Gasteiger partial charge in [-0.3, -0.25) is 9.69 Å². The number of furan rings is 1. The van der Waals surface area contributed by atoms with E-state index < -0.39 is 0 Å². The van der Waals surface area contributed by atoms with Crippen molar-refractivity contribution < 1.29 is 13.9 Å². The first-order valence-electron chi connectivity index (χ1n) is 9.37. The highest BCUT2D eigenvalue weighted by Crippen LogP contribution is 2.48. The molecule has 1 saturated heterocycles. The maximum absolute atomic E-state index is 12.7. The molecule has 2 heterocycles. The number of morpholine rings is 1. The molecular weight excluding hydrogens is 304 g/mol. The van der Waals surface area contributed by atoms with Crippen LogP contribution in [0.2, 0.25) is 0 Å². The number of hydrogen-bond acceptors (Lipinski definition) is 4. The number of carbonyl (C=O) groups is 1. The second-order valence-corrected chi connectivity index (χ2v) is 7.60. The van der Waals surface area contributed by atoms with Crippen LogP contribution in [0.5, 0.6) is 0 Å². The third kappa shape index (κ3) is 2.88. The first-order valence-corrected chi connectivity index (χ1v) is 9.37. The Kier molecular flexibility index (Phi) is 4.39. The monoisotopic (exact) mass is 332 g/mol. The summed E-state index contributed by atoms with van der Waals surface area (Å²) in [5.41, 5.74) is 0.120. The molecule has 4 rings (SSSR count). The standard InChI is InChI=1S/C19H28N2O3/c1-14(19(6-2-3-7-19)21-8-11-23-12-9-21)20-18(22)16-13-15(16)17-5-4-10-24-17/h4-5,10,14-16H,2-3,6-9,11-13H2,1H3,(H,20,22)/t14-,15-,16-/m0/s1. The van der Waals surface area contributed by atoms with Crippen LogP contribution in [0.4, 0.5) is 0 Å². The molecule has 24 heavy (non-hydrogen) atoms. The number of hydrogen-bond donors (Lipinski definition) is 1. The molecule has 0 aromatic carbocycles. The van der Waals surface area contributed by atoms with E-state index in [1.165, 1.54) is 25.7 Å². The molecule has 132 valence electrons.